The van der Waals surface area contributed by atoms with Gasteiger partial charge in [0.25, 0.3) is 0 Å². The van der Waals surface area contributed by atoms with Crippen molar-refractivity contribution >= 4 is 23.5 Å². The largest absolute Gasteiger partial charge is 0.469 e. The molecule has 13 heteroatoms. The lowest BCUT2D eigenvalue weighted by atomic mass is 9.42. The van der Waals surface area contributed by atoms with Gasteiger partial charge in [0.15, 0.2) is 0 Å². The Hall–Kier alpha value is -2.65. The number of benzene rings is 1. The topological polar surface area (TPSA) is 151 Å². The molecule has 13 nitrogen and oxygen atoms in total. The quantitative estimate of drug-likeness (QED) is 0.271. The summed E-state index contributed by atoms with van der Waals surface area (Å²) < 4.78 is 43.4. The normalized spacial score (nSPS) is 42.5. The summed E-state index contributed by atoms with van der Waals surface area (Å²) in [6.07, 6.45) is 2.30. The van der Waals surface area contributed by atoms with Crippen molar-refractivity contribution in [1.82, 2.24) is 4.90 Å². The van der Waals surface area contributed by atoms with E-state index in [0.717, 1.165) is 25.8 Å². The van der Waals surface area contributed by atoms with Crippen LogP contribution in [0.25, 0.3) is 0 Å². The van der Waals surface area contributed by atoms with Crippen LogP contribution in [0.15, 0.2) is 24.3 Å². The number of amides is 1. The van der Waals surface area contributed by atoms with Gasteiger partial charge in [-0.15, -0.1) is 0 Å². The Morgan fingerprint density at radius 2 is 1.77 bits per heavy atom. The van der Waals surface area contributed by atoms with Crippen LogP contribution in [0.1, 0.15) is 62.2 Å². The molecule has 0 aromatic heterocycles. The van der Waals surface area contributed by atoms with Crippen LogP contribution in [0.4, 0.5) is 5.69 Å². The summed E-state index contributed by atoms with van der Waals surface area (Å²) in [5.74, 6) is -1.65. The van der Waals surface area contributed by atoms with Gasteiger partial charge in [-0.3, -0.25) is 14.5 Å². The monoisotopic (exact) mass is 728 g/mol. The van der Waals surface area contributed by atoms with E-state index in [2.05, 4.69) is 21.9 Å². The summed E-state index contributed by atoms with van der Waals surface area (Å²) in [5.41, 5.74) is -3.11. The number of piperidine rings is 1. The average molecular weight is 729 g/mol. The highest BCUT2D eigenvalue weighted by atomic mass is 16.6. The van der Waals surface area contributed by atoms with Gasteiger partial charge in [0.1, 0.15) is 11.2 Å². The number of nitrogens with zero attached hydrogens (tertiary/aromatic N) is 1. The predicted molar refractivity (Wildman–Crippen MR) is 187 cm³/mol. The van der Waals surface area contributed by atoms with E-state index in [1.807, 2.05) is 0 Å². The van der Waals surface area contributed by atoms with Crippen LogP contribution < -0.4 is 5.32 Å². The van der Waals surface area contributed by atoms with Crippen molar-refractivity contribution in [2.45, 2.75) is 93.5 Å². The maximum atomic E-state index is 14.1. The predicted octanol–water partition coefficient (Wildman–Crippen LogP) is 3.07. The molecule has 1 saturated heterocycles. The third-order valence-electron chi connectivity index (χ3n) is 14.4. The molecular weight excluding hydrogens is 672 g/mol. The molecule has 7 bridgehead atoms. The van der Waals surface area contributed by atoms with E-state index >= 15 is 0 Å². The van der Waals surface area contributed by atoms with Gasteiger partial charge in [0, 0.05) is 83.5 Å². The molecule has 13 atom stereocenters. The Morgan fingerprint density at radius 3 is 2.42 bits per heavy atom. The lowest BCUT2D eigenvalue weighted by Crippen LogP contribution is -2.82. The highest BCUT2D eigenvalue weighted by Gasteiger charge is 2.92. The minimum Gasteiger partial charge on any atom is -0.469 e. The molecule has 52 heavy (non-hydrogen) atoms. The minimum absolute atomic E-state index is 0.0545. The highest BCUT2D eigenvalue weighted by molar-refractivity contribution is 6.01. The number of aliphatic hydroxyl groups is 1. The van der Waals surface area contributed by atoms with Gasteiger partial charge < -0.3 is 43.6 Å². The number of carbonyl (C=O) groups excluding carboxylic acids is 3. The fourth-order valence-corrected chi connectivity index (χ4v) is 13.1. The third-order valence-corrected chi connectivity index (χ3v) is 14.4. The summed E-state index contributed by atoms with van der Waals surface area (Å²) >= 11 is 0. The van der Waals surface area contributed by atoms with E-state index in [9.17, 15) is 19.5 Å². The molecule has 2 N–H and O–H groups in total. The molecule has 1 aromatic carbocycles. The summed E-state index contributed by atoms with van der Waals surface area (Å²) in [7, 11) is 9.95. The second-order valence-corrected chi connectivity index (χ2v) is 16.0. The third kappa shape index (κ3) is 4.88. The number of hydrogen-bond acceptors (Lipinski definition) is 12. The first kappa shape index (κ1) is 37.7. The van der Waals surface area contributed by atoms with Crippen molar-refractivity contribution in [1.29, 1.82) is 0 Å². The molecule has 1 heterocycles. The SMILES string of the molecule is CCCN1CC2(COC(=O)c3ccccc3NC(=O)CCC(=O)OC)CCC(OC)C34C5CC6C(OC)CC(OC)(C5C6OC)C(O)(C(OC)C23)[C@H]14. The smallest absolute Gasteiger partial charge is 0.340 e. The zero-order valence-electron chi connectivity index (χ0n) is 31.6. The molecule has 1 spiro atoms. The Kier molecular flexibility index (Phi) is 10.1. The van der Waals surface area contributed by atoms with Crippen LogP contribution in [0.5, 0.6) is 0 Å². The van der Waals surface area contributed by atoms with E-state index in [4.69, 9.17) is 28.4 Å². The standard InChI is InChI=1S/C39H56N2O11/c1-8-17-41-20-36(21-52-34(44)22-11-9-10-12-25(22)40-28(42)13-14-29(43)48-4)16-15-27(47-3)38-24-18-23-26(46-2)19-37(51-7,30(24)31(23)49-5)39(45,35(38)41)33(50-6)32(36)38/h9-12,23-24,26-27,30-33,35,45H,8,13-21H2,1-7H3,(H,40,42)/t23?,24?,26?,27?,30?,31?,32?,33?,35-,36?,37?,38?,39?/m1/s1. The number of methoxy groups -OCH3 is 6. The van der Waals surface area contributed by atoms with Crippen LogP contribution in [-0.4, -0.2) is 132 Å². The van der Waals surface area contributed by atoms with E-state index in [0.29, 0.717) is 25.1 Å². The van der Waals surface area contributed by atoms with Gasteiger partial charge in [-0.25, -0.2) is 4.79 Å². The molecule has 5 saturated carbocycles. The lowest BCUT2D eigenvalue weighted by Gasteiger charge is -2.70. The number of rotatable bonds is 14. The molecule has 5 aliphatic carbocycles. The minimum atomic E-state index is -1.46. The number of para-hydroxylation sites is 1. The Balaban J connectivity index is 1.30. The van der Waals surface area contributed by atoms with Crippen LogP contribution in [0, 0.1) is 34.5 Å². The fraction of sp³-hybridized carbons (Fsp3) is 0.769. The first-order valence-corrected chi connectivity index (χ1v) is 18.8. The Labute approximate surface area is 306 Å². The number of hydrogen-bond donors (Lipinski definition) is 2. The van der Waals surface area contributed by atoms with E-state index in [1.54, 1.807) is 59.8 Å². The van der Waals surface area contributed by atoms with Gasteiger partial charge in [-0.05, 0) is 50.3 Å². The average Bonchev–Trinajstić information content (AvgIpc) is 3.56. The van der Waals surface area contributed by atoms with Crippen molar-refractivity contribution in [2.24, 2.45) is 34.5 Å². The van der Waals surface area contributed by atoms with Crippen molar-refractivity contribution in [3.8, 4) is 0 Å². The fourth-order valence-electron chi connectivity index (χ4n) is 13.1. The maximum absolute atomic E-state index is 14.1. The van der Waals surface area contributed by atoms with Crippen LogP contribution in [0.3, 0.4) is 0 Å². The van der Waals surface area contributed by atoms with Crippen molar-refractivity contribution < 1.29 is 52.6 Å². The second-order valence-electron chi connectivity index (χ2n) is 16.0. The highest BCUT2D eigenvalue weighted by Crippen LogP contribution is 2.81. The Morgan fingerprint density at radius 1 is 1.00 bits per heavy atom. The molecule has 0 radical (unpaired) electrons. The van der Waals surface area contributed by atoms with Crippen LogP contribution >= 0.6 is 0 Å². The molecular formula is C39H56N2O11. The first-order chi connectivity index (χ1) is 25.0. The van der Waals surface area contributed by atoms with Crippen LogP contribution in [-0.2, 0) is 42.7 Å². The zero-order valence-corrected chi connectivity index (χ0v) is 31.6. The number of ether oxygens (including phenoxy) is 7. The second kappa shape index (κ2) is 13.9. The van der Waals surface area contributed by atoms with E-state index in [-0.39, 0.29) is 73.0 Å². The summed E-state index contributed by atoms with van der Waals surface area (Å²) in [4.78, 5) is 40.8. The van der Waals surface area contributed by atoms with Gasteiger partial charge in [0.2, 0.25) is 5.91 Å². The molecule has 1 aliphatic heterocycles. The summed E-state index contributed by atoms with van der Waals surface area (Å²) in [6.45, 7) is 3.58. The summed E-state index contributed by atoms with van der Waals surface area (Å²) in [5, 5.41) is 16.6. The molecule has 6 fully saturated rings. The summed E-state index contributed by atoms with van der Waals surface area (Å²) in [6, 6.07) is 6.39. The molecule has 7 rings (SSSR count). The molecule has 288 valence electrons. The van der Waals surface area contributed by atoms with E-state index < -0.39 is 46.0 Å². The number of fused-ring (bicyclic) bond motifs is 2. The molecule has 1 amide bonds. The van der Waals surface area contributed by atoms with Gasteiger partial charge in [0.05, 0.1) is 61.8 Å². The molecule has 6 aliphatic rings. The molecule has 12 unspecified atom stereocenters. The Bertz CT molecular complexity index is 1540. The number of esters is 2. The van der Waals surface area contributed by atoms with Gasteiger partial charge in [-0.2, -0.15) is 0 Å². The number of anilines is 1. The lowest BCUT2D eigenvalue weighted by molar-refractivity contribution is -0.326. The van der Waals surface area contributed by atoms with Crippen molar-refractivity contribution in [2.75, 3.05) is 67.7 Å². The first-order valence-electron chi connectivity index (χ1n) is 18.8. The van der Waals surface area contributed by atoms with Crippen LogP contribution in [0.2, 0.25) is 0 Å². The van der Waals surface area contributed by atoms with Crippen molar-refractivity contribution in [3.05, 3.63) is 29.8 Å². The van der Waals surface area contributed by atoms with Crippen molar-refractivity contribution in [3.63, 3.8) is 0 Å². The maximum Gasteiger partial charge on any atom is 0.340 e. The molecule has 1 aromatic rings. The van der Waals surface area contributed by atoms with E-state index in [1.165, 1.54) is 7.11 Å². The zero-order chi connectivity index (χ0) is 37.2. The number of likely N-dealkylation sites (tertiary alicyclic amines) is 1. The van der Waals surface area contributed by atoms with Gasteiger partial charge in [-0.1, -0.05) is 19.1 Å². The van der Waals surface area contributed by atoms with Gasteiger partial charge >= 0.3 is 11.9 Å². The number of nitrogens with one attached hydrogen (secondary N) is 1. The number of carbonyl (C=O) groups is 3.